The Balaban J connectivity index is 2.02. The molecule has 0 atom stereocenters. The van der Waals surface area contributed by atoms with Crippen molar-refractivity contribution in [3.63, 3.8) is 0 Å². The number of benzene rings is 2. The molecule has 1 heterocycles. The maximum Gasteiger partial charge on any atom is 0.344 e. The Morgan fingerprint density at radius 2 is 1.69 bits per heavy atom. The van der Waals surface area contributed by atoms with E-state index in [1.165, 1.54) is 10.9 Å². The van der Waals surface area contributed by atoms with Gasteiger partial charge in [0.2, 0.25) is 11.7 Å². The van der Waals surface area contributed by atoms with E-state index in [1.54, 1.807) is 44.2 Å². The number of hydrogen-bond donors (Lipinski definition) is 0. The molecule has 0 saturated heterocycles. The predicted octanol–water partition coefficient (Wildman–Crippen LogP) is 5.93. The Hall–Kier alpha value is -2.34. The van der Waals surface area contributed by atoms with E-state index in [1.807, 2.05) is 6.92 Å². The van der Waals surface area contributed by atoms with Gasteiger partial charge in [-0.1, -0.05) is 34.8 Å². The average molecular weight is 452 g/mol. The lowest BCUT2D eigenvalue weighted by Gasteiger charge is -2.12. The Morgan fingerprint density at radius 3 is 2.31 bits per heavy atom. The van der Waals surface area contributed by atoms with Crippen LogP contribution in [0.5, 0.6) is 5.88 Å². The number of ether oxygens (including phenoxy) is 1. The van der Waals surface area contributed by atoms with E-state index >= 15 is 0 Å². The molecule has 0 aliphatic rings. The van der Waals surface area contributed by atoms with Crippen LogP contribution in [0.15, 0.2) is 36.5 Å². The highest BCUT2D eigenvalue weighted by Crippen LogP contribution is 2.33. The monoisotopic (exact) mass is 450 g/mol. The van der Waals surface area contributed by atoms with Gasteiger partial charge in [0.15, 0.2) is 0 Å². The third-order valence-corrected chi connectivity index (χ3v) is 5.77. The molecular weight excluding hydrogens is 435 g/mol. The van der Waals surface area contributed by atoms with Crippen molar-refractivity contribution in [1.29, 1.82) is 0 Å². The zero-order valence-corrected chi connectivity index (χ0v) is 18.2. The fraction of sp³-hybridized carbons (Fsp3) is 0.190. The van der Waals surface area contributed by atoms with Crippen LogP contribution in [0.2, 0.25) is 15.1 Å². The molecule has 0 spiro atoms. The average Bonchev–Trinajstić information content (AvgIpc) is 3.11. The van der Waals surface area contributed by atoms with Crippen molar-refractivity contribution in [3.8, 4) is 5.88 Å². The van der Waals surface area contributed by atoms with E-state index in [-0.39, 0.29) is 22.0 Å². The lowest BCUT2D eigenvalue weighted by molar-refractivity contribution is 0.0716. The van der Waals surface area contributed by atoms with Crippen LogP contribution in [0, 0.1) is 13.8 Å². The van der Waals surface area contributed by atoms with Gasteiger partial charge in [-0.15, -0.1) is 0 Å². The maximum absolute atomic E-state index is 13.2. The van der Waals surface area contributed by atoms with Crippen LogP contribution in [0.25, 0.3) is 0 Å². The van der Waals surface area contributed by atoms with Gasteiger partial charge in [-0.2, -0.15) is 5.10 Å². The second-order valence-corrected chi connectivity index (χ2v) is 7.59. The van der Waals surface area contributed by atoms with Crippen LogP contribution < -0.4 is 4.74 Å². The number of ketones is 1. The molecule has 0 saturated carbocycles. The lowest BCUT2D eigenvalue weighted by Crippen LogP contribution is -2.15. The number of esters is 1. The number of carbonyl (C=O) groups is 2. The zero-order valence-electron chi connectivity index (χ0n) is 15.9. The molecule has 0 amide bonds. The van der Waals surface area contributed by atoms with Gasteiger partial charge in [-0.05, 0) is 62.2 Å². The van der Waals surface area contributed by atoms with Crippen LogP contribution in [0.4, 0.5) is 0 Å². The Morgan fingerprint density at radius 1 is 1.03 bits per heavy atom. The first-order valence-electron chi connectivity index (χ1n) is 8.78. The molecule has 2 aromatic carbocycles. The third-order valence-electron chi connectivity index (χ3n) is 4.45. The fourth-order valence-corrected chi connectivity index (χ4v) is 3.40. The van der Waals surface area contributed by atoms with Gasteiger partial charge < -0.3 is 4.74 Å². The molecule has 8 heteroatoms. The van der Waals surface area contributed by atoms with Crippen molar-refractivity contribution in [1.82, 2.24) is 9.78 Å². The van der Waals surface area contributed by atoms with Crippen LogP contribution in [0.1, 0.15) is 44.3 Å². The zero-order chi connectivity index (χ0) is 21.3. The summed E-state index contributed by atoms with van der Waals surface area (Å²) in [6, 6.07) is 7.87. The van der Waals surface area contributed by atoms with Gasteiger partial charge in [0.25, 0.3) is 0 Å². The Labute approximate surface area is 183 Å². The molecule has 150 valence electrons. The first-order chi connectivity index (χ1) is 13.7. The van der Waals surface area contributed by atoms with Gasteiger partial charge in [0, 0.05) is 22.2 Å². The topological polar surface area (TPSA) is 61.2 Å². The minimum absolute atomic E-state index is 0.0544. The van der Waals surface area contributed by atoms with Crippen LogP contribution >= 0.6 is 34.8 Å². The summed E-state index contributed by atoms with van der Waals surface area (Å²) in [7, 11) is 0. The predicted molar refractivity (Wildman–Crippen MR) is 114 cm³/mol. The largest absolute Gasteiger partial charge is 0.403 e. The van der Waals surface area contributed by atoms with Crippen molar-refractivity contribution in [3.05, 3.63) is 79.4 Å². The van der Waals surface area contributed by atoms with E-state index in [0.717, 1.165) is 5.56 Å². The van der Waals surface area contributed by atoms with Crippen LogP contribution in [-0.2, 0) is 6.54 Å². The summed E-state index contributed by atoms with van der Waals surface area (Å²) in [6.45, 7) is 5.76. The van der Waals surface area contributed by atoms with Gasteiger partial charge in [-0.25, -0.2) is 9.48 Å². The van der Waals surface area contributed by atoms with Gasteiger partial charge in [0.05, 0.1) is 16.8 Å². The fourth-order valence-electron chi connectivity index (χ4n) is 2.84. The Kier molecular flexibility index (Phi) is 6.32. The van der Waals surface area contributed by atoms with E-state index < -0.39 is 11.8 Å². The molecule has 29 heavy (non-hydrogen) atoms. The van der Waals surface area contributed by atoms with E-state index in [2.05, 4.69) is 5.10 Å². The molecule has 5 nitrogen and oxygen atoms in total. The van der Waals surface area contributed by atoms with Gasteiger partial charge in [-0.3, -0.25) is 4.79 Å². The molecular formula is C21H17Cl3N2O3. The summed E-state index contributed by atoms with van der Waals surface area (Å²) in [6.07, 6.45) is 1.37. The third kappa shape index (κ3) is 4.17. The number of nitrogens with zero attached hydrogens (tertiary/aromatic N) is 2. The number of rotatable bonds is 5. The summed E-state index contributed by atoms with van der Waals surface area (Å²) in [5, 5.41) is 5.42. The normalized spacial score (nSPS) is 10.8. The van der Waals surface area contributed by atoms with Crippen molar-refractivity contribution in [2.75, 3.05) is 0 Å². The summed E-state index contributed by atoms with van der Waals surface area (Å²) >= 11 is 18.5. The number of hydrogen-bond acceptors (Lipinski definition) is 4. The van der Waals surface area contributed by atoms with Crippen molar-refractivity contribution < 1.29 is 14.3 Å². The van der Waals surface area contributed by atoms with Crippen LogP contribution in [-0.4, -0.2) is 21.5 Å². The van der Waals surface area contributed by atoms with Crippen LogP contribution in [0.3, 0.4) is 0 Å². The highest BCUT2D eigenvalue weighted by atomic mass is 35.5. The lowest BCUT2D eigenvalue weighted by atomic mass is 10.0. The molecule has 3 rings (SSSR count). The molecule has 0 fully saturated rings. The minimum atomic E-state index is -0.625. The number of aryl methyl sites for hydroxylation is 2. The summed E-state index contributed by atoms with van der Waals surface area (Å²) in [5.74, 6) is -0.976. The first-order valence-corrected chi connectivity index (χ1v) is 9.91. The maximum atomic E-state index is 13.2. The van der Waals surface area contributed by atoms with E-state index in [9.17, 15) is 9.59 Å². The standard InChI is InChI=1S/C21H17Cl3N2O3/c1-4-26-20(29-21(28)13-5-7-14(22)8-6-13)16(10-25-26)19(27)15-9-11(2)17(23)12(3)18(15)24/h5-10H,4H2,1-3H3. The summed E-state index contributed by atoms with van der Waals surface area (Å²) in [4.78, 5) is 25.8. The SMILES string of the molecule is CCn1ncc(C(=O)c2cc(C)c(Cl)c(C)c2Cl)c1OC(=O)c1ccc(Cl)cc1. The second kappa shape index (κ2) is 8.57. The molecule has 1 aromatic heterocycles. The summed E-state index contributed by atoms with van der Waals surface area (Å²) < 4.78 is 6.96. The molecule has 0 N–H and O–H groups in total. The second-order valence-electron chi connectivity index (χ2n) is 6.40. The van der Waals surface area contributed by atoms with E-state index in [4.69, 9.17) is 39.5 Å². The van der Waals surface area contributed by atoms with Crippen molar-refractivity contribution in [2.45, 2.75) is 27.3 Å². The van der Waals surface area contributed by atoms with Gasteiger partial charge in [0.1, 0.15) is 5.56 Å². The first kappa shape index (κ1) is 21.4. The van der Waals surface area contributed by atoms with Crippen molar-refractivity contribution >= 4 is 46.6 Å². The van der Waals surface area contributed by atoms with E-state index in [0.29, 0.717) is 27.7 Å². The molecule has 0 unspecified atom stereocenters. The highest BCUT2D eigenvalue weighted by Gasteiger charge is 2.25. The smallest absolute Gasteiger partial charge is 0.344 e. The number of carbonyl (C=O) groups excluding carboxylic acids is 2. The number of halogens is 3. The molecule has 3 aromatic rings. The molecule has 0 radical (unpaired) electrons. The number of aromatic nitrogens is 2. The minimum Gasteiger partial charge on any atom is -0.403 e. The Bertz CT molecular complexity index is 1110. The van der Waals surface area contributed by atoms with Crippen molar-refractivity contribution in [2.24, 2.45) is 0 Å². The molecule has 0 aliphatic carbocycles. The molecule has 0 bridgehead atoms. The molecule has 0 aliphatic heterocycles. The van der Waals surface area contributed by atoms with Gasteiger partial charge >= 0.3 is 5.97 Å². The quantitative estimate of drug-likeness (QED) is 0.356. The highest BCUT2D eigenvalue weighted by molar-refractivity contribution is 6.39. The summed E-state index contributed by atoms with van der Waals surface area (Å²) in [5.41, 5.74) is 2.04.